The second kappa shape index (κ2) is 7.65. The number of carbonyl (C=O) groups excluding carboxylic acids is 1. The Hall–Kier alpha value is -2.41. The first-order valence-electron chi connectivity index (χ1n) is 7.34. The highest BCUT2D eigenvalue weighted by Gasteiger charge is 2.31. The molecule has 0 fully saturated rings. The molecule has 2 aromatic rings. The molecule has 2 rings (SSSR count). The van der Waals surface area contributed by atoms with Crippen LogP contribution < -0.4 is 15.4 Å². The van der Waals surface area contributed by atoms with Gasteiger partial charge in [0.05, 0.1) is 0 Å². The summed E-state index contributed by atoms with van der Waals surface area (Å²) in [5.74, 6) is -0.634. The summed E-state index contributed by atoms with van der Waals surface area (Å²) in [6, 6.07) is 9.69. The molecule has 134 valence electrons. The molecular weight excluding hydrogens is 357 g/mol. The predicted molar refractivity (Wildman–Crippen MR) is 91.0 cm³/mol. The summed E-state index contributed by atoms with van der Waals surface area (Å²) >= 11 is 6.01. The van der Waals surface area contributed by atoms with E-state index in [2.05, 4.69) is 15.4 Å². The Morgan fingerprint density at radius 1 is 1.16 bits per heavy atom. The number of hydrogen-bond donors (Lipinski definition) is 2. The zero-order chi connectivity index (χ0) is 18.6. The van der Waals surface area contributed by atoms with Crippen LogP contribution in [0.3, 0.4) is 0 Å². The van der Waals surface area contributed by atoms with Crippen molar-refractivity contribution in [3.63, 3.8) is 0 Å². The van der Waals surface area contributed by atoms with Crippen molar-refractivity contribution in [1.82, 2.24) is 0 Å². The van der Waals surface area contributed by atoms with Crippen molar-refractivity contribution in [3.05, 3.63) is 53.1 Å². The minimum absolute atomic E-state index is 0.305. The van der Waals surface area contributed by atoms with E-state index in [1.807, 2.05) is 0 Å². The fourth-order valence-corrected chi connectivity index (χ4v) is 2.23. The average Bonchev–Trinajstić information content (AvgIpc) is 2.52. The molecule has 8 heteroatoms. The largest absolute Gasteiger partial charge is 0.573 e. The molecule has 2 N–H and O–H groups in total. The zero-order valence-corrected chi connectivity index (χ0v) is 14.2. The van der Waals surface area contributed by atoms with Gasteiger partial charge >= 0.3 is 6.36 Å². The van der Waals surface area contributed by atoms with Crippen LogP contribution in [0.1, 0.15) is 12.5 Å². The number of halogens is 4. The molecule has 0 aliphatic rings. The van der Waals surface area contributed by atoms with Crippen LogP contribution >= 0.6 is 11.6 Å². The van der Waals surface area contributed by atoms with Gasteiger partial charge in [0.1, 0.15) is 11.8 Å². The monoisotopic (exact) mass is 372 g/mol. The highest BCUT2D eigenvalue weighted by molar-refractivity contribution is 6.31. The molecule has 0 unspecified atom stereocenters. The Balaban J connectivity index is 1.98. The fraction of sp³-hybridized carbons (Fsp3) is 0.235. The summed E-state index contributed by atoms with van der Waals surface area (Å²) in [7, 11) is 0. The van der Waals surface area contributed by atoms with Crippen molar-refractivity contribution < 1.29 is 22.7 Å². The Morgan fingerprint density at radius 3 is 2.40 bits per heavy atom. The van der Waals surface area contributed by atoms with Crippen molar-refractivity contribution >= 4 is 28.9 Å². The minimum Gasteiger partial charge on any atom is -0.406 e. The standard InChI is InChI=1S/C17H16ClF3N2O2/c1-10-14(18)4-3-5-15(10)23-16(24)11(2)22-12-6-8-13(9-7-12)25-17(19,20)21/h3-9,11,22H,1-2H3,(H,23,24)/t11-/m0/s1. The van der Waals surface area contributed by atoms with Crippen LogP contribution in [0, 0.1) is 6.92 Å². The van der Waals surface area contributed by atoms with Crippen molar-refractivity contribution in [2.24, 2.45) is 0 Å². The topological polar surface area (TPSA) is 50.4 Å². The first-order valence-corrected chi connectivity index (χ1v) is 7.72. The van der Waals surface area contributed by atoms with Gasteiger partial charge in [0.15, 0.2) is 0 Å². The van der Waals surface area contributed by atoms with E-state index in [4.69, 9.17) is 11.6 Å². The highest BCUT2D eigenvalue weighted by atomic mass is 35.5. The van der Waals surface area contributed by atoms with E-state index >= 15 is 0 Å². The summed E-state index contributed by atoms with van der Waals surface area (Å²) < 4.78 is 40.2. The number of benzene rings is 2. The van der Waals surface area contributed by atoms with E-state index in [0.29, 0.717) is 16.4 Å². The molecule has 1 amide bonds. The predicted octanol–water partition coefficient (Wildman–Crippen LogP) is 4.99. The van der Waals surface area contributed by atoms with Crippen LogP contribution in [0.5, 0.6) is 5.75 Å². The lowest BCUT2D eigenvalue weighted by Gasteiger charge is -2.17. The number of nitrogens with one attached hydrogen (secondary N) is 2. The van der Waals surface area contributed by atoms with Gasteiger partial charge in [-0.15, -0.1) is 13.2 Å². The van der Waals surface area contributed by atoms with Gasteiger partial charge in [-0.2, -0.15) is 0 Å². The number of rotatable bonds is 5. The highest BCUT2D eigenvalue weighted by Crippen LogP contribution is 2.25. The van der Waals surface area contributed by atoms with E-state index in [1.54, 1.807) is 32.0 Å². The van der Waals surface area contributed by atoms with Crippen LogP contribution in [0.2, 0.25) is 5.02 Å². The fourth-order valence-electron chi connectivity index (χ4n) is 2.05. The van der Waals surface area contributed by atoms with E-state index in [1.165, 1.54) is 24.3 Å². The molecule has 0 spiro atoms. The Morgan fingerprint density at radius 2 is 1.80 bits per heavy atom. The van der Waals surface area contributed by atoms with Crippen molar-refractivity contribution in [2.75, 3.05) is 10.6 Å². The van der Waals surface area contributed by atoms with Crippen molar-refractivity contribution in [1.29, 1.82) is 0 Å². The molecule has 0 aliphatic carbocycles. The summed E-state index contributed by atoms with van der Waals surface area (Å²) in [6.45, 7) is 3.42. The van der Waals surface area contributed by atoms with Crippen LogP contribution in [-0.2, 0) is 4.79 Å². The van der Waals surface area contributed by atoms with E-state index < -0.39 is 12.4 Å². The molecule has 0 heterocycles. The van der Waals surface area contributed by atoms with Crippen LogP contribution in [-0.4, -0.2) is 18.3 Å². The van der Waals surface area contributed by atoms with Gasteiger partial charge in [0.25, 0.3) is 0 Å². The van der Waals surface area contributed by atoms with Gasteiger partial charge in [0, 0.05) is 16.4 Å². The first kappa shape index (κ1) is 18.9. The van der Waals surface area contributed by atoms with E-state index in [9.17, 15) is 18.0 Å². The van der Waals surface area contributed by atoms with Gasteiger partial charge in [-0.05, 0) is 55.8 Å². The molecule has 0 saturated heterocycles. The molecule has 4 nitrogen and oxygen atoms in total. The normalized spacial score (nSPS) is 12.4. The van der Waals surface area contributed by atoms with Crippen molar-refractivity contribution in [3.8, 4) is 5.75 Å². The number of amides is 1. The second-order valence-electron chi connectivity index (χ2n) is 5.34. The minimum atomic E-state index is -4.74. The molecule has 0 bridgehead atoms. The molecule has 0 aromatic heterocycles. The average molecular weight is 373 g/mol. The lowest BCUT2D eigenvalue weighted by molar-refractivity contribution is -0.274. The number of ether oxygens (including phenoxy) is 1. The quantitative estimate of drug-likeness (QED) is 0.777. The lowest BCUT2D eigenvalue weighted by Crippen LogP contribution is -2.32. The molecule has 0 radical (unpaired) electrons. The summed E-state index contributed by atoms with van der Waals surface area (Å²) in [6.07, 6.45) is -4.74. The summed E-state index contributed by atoms with van der Waals surface area (Å²) in [5, 5.41) is 6.20. The molecule has 0 saturated carbocycles. The molecule has 1 atom stereocenters. The number of hydrogen-bond acceptors (Lipinski definition) is 3. The maximum atomic E-state index is 12.2. The third kappa shape index (κ3) is 5.56. The van der Waals surface area contributed by atoms with Gasteiger partial charge in [-0.1, -0.05) is 17.7 Å². The van der Waals surface area contributed by atoms with Crippen LogP contribution in [0.4, 0.5) is 24.5 Å². The van der Waals surface area contributed by atoms with Crippen LogP contribution in [0.15, 0.2) is 42.5 Å². The summed E-state index contributed by atoms with van der Waals surface area (Å²) in [4.78, 5) is 12.2. The molecular formula is C17H16ClF3N2O2. The molecule has 0 aliphatic heterocycles. The SMILES string of the molecule is Cc1c(Cl)cccc1NC(=O)[C@H](C)Nc1ccc(OC(F)(F)F)cc1. The van der Waals surface area contributed by atoms with Gasteiger partial charge in [0.2, 0.25) is 5.91 Å². The smallest absolute Gasteiger partial charge is 0.406 e. The Labute approximate surface area is 147 Å². The Bertz CT molecular complexity index is 749. The third-order valence-corrected chi connectivity index (χ3v) is 3.80. The zero-order valence-electron chi connectivity index (χ0n) is 13.4. The maximum absolute atomic E-state index is 12.2. The van der Waals surface area contributed by atoms with Gasteiger partial charge in [-0.3, -0.25) is 4.79 Å². The Kier molecular flexibility index (Phi) is 5.79. The van der Waals surface area contributed by atoms with E-state index in [0.717, 1.165) is 5.56 Å². The van der Waals surface area contributed by atoms with Crippen LogP contribution in [0.25, 0.3) is 0 Å². The summed E-state index contributed by atoms with van der Waals surface area (Å²) in [5.41, 5.74) is 1.83. The second-order valence-corrected chi connectivity index (χ2v) is 5.75. The van der Waals surface area contributed by atoms with Gasteiger partial charge < -0.3 is 15.4 Å². The van der Waals surface area contributed by atoms with E-state index in [-0.39, 0.29) is 11.7 Å². The maximum Gasteiger partial charge on any atom is 0.573 e. The number of anilines is 2. The number of alkyl halides is 3. The lowest BCUT2D eigenvalue weighted by atomic mass is 10.2. The molecule has 25 heavy (non-hydrogen) atoms. The third-order valence-electron chi connectivity index (χ3n) is 3.39. The van der Waals surface area contributed by atoms with Crippen molar-refractivity contribution in [2.45, 2.75) is 26.3 Å². The molecule has 2 aromatic carbocycles. The first-order chi connectivity index (χ1) is 11.7. The number of carbonyl (C=O) groups is 1. The van der Waals surface area contributed by atoms with Gasteiger partial charge in [-0.25, -0.2) is 0 Å².